The zero-order chi connectivity index (χ0) is 16.7. The van der Waals surface area contributed by atoms with Crippen molar-refractivity contribution in [1.82, 2.24) is 9.88 Å². The molecule has 1 atom stereocenters. The van der Waals surface area contributed by atoms with E-state index in [2.05, 4.69) is 10.3 Å². The van der Waals surface area contributed by atoms with Crippen LogP contribution in [0.5, 0.6) is 0 Å². The number of likely N-dealkylation sites (N-methyl/N-ethyl adjacent to an activating group) is 1. The van der Waals surface area contributed by atoms with Crippen LogP contribution in [0.2, 0.25) is 5.15 Å². The lowest BCUT2D eigenvalue weighted by Gasteiger charge is -2.27. The molecule has 1 unspecified atom stereocenters. The minimum absolute atomic E-state index is 0.0312. The lowest BCUT2D eigenvalue weighted by molar-refractivity contribution is -0.117. The van der Waals surface area contributed by atoms with Crippen molar-refractivity contribution in [1.29, 1.82) is 0 Å². The number of carbonyl (C=O) groups excluding carboxylic acids is 1. The summed E-state index contributed by atoms with van der Waals surface area (Å²) in [7, 11) is 1.86. The number of halogens is 1. The number of hydrogen-bond acceptors (Lipinski definition) is 4. The molecule has 0 fully saturated rings. The Morgan fingerprint density at radius 3 is 2.70 bits per heavy atom. The molecule has 2 rings (SSSR count). The van der Waals surface area contributed by atoms with Gasteiger partial charge in [0.1, 0.15) is 0 Å². The predicted molar refractivity (Wildman–Crippen MR) is 91.4 cm³/mol. The number of amides is 1. The quantitative estimate of drug-likeness (QED) is 0.765. The van der Waals surface area contributed by atoms with Crippen molar-refractivity contribution in [2.75, 3.05) is 25.5 Å². The summed E-state index contributed by atoms with van der Waals surface area (Å²) < 4.78 is 0. The van der Waals surface area contributed by atoms with Gasteiger partial charge in [-0.15, -0.1) is 0 Å². The lowest BCUT2D eigenvalue weighted by atomic mass is 10.0. The van der Waals surface area contributed by atoms with E-state index in [0.717, 1.165) is 5.56 Å². The Balaban J connectivity index is 2.02. The van der Waals surface area contributed by atoms with E-state index < -0.39 is 0 Å². The zero-order valence-electron chi connectivity index (χ0n) is 12.9. The summed E-state index contributed by atoms with van der Waals surface area (Å²) >= 11 is 5.94. The van der Waals surface area contributed by atoms with Gasteiger partial charge in [0.2, 0.25) is 5.91 Å². The van der Waals surface area contributed by atoms with Crippen molar-refractivity contribution < 1.29 is 9.90 Å². The highest BCUT2D eigenvalue weighted by atomic mass is 35.5. The van der Waals surface area contributed by atoms with Crippen LogP contribution >= 0.6 is 11.6 Å². The molecule has 1 aromatic heterocycles. The number of rotatable bonds is 7. The van der Waals surface area contributed by atoms with Gasteiger partial charge in [-0.05, 0) is 31.2 Å². The fourth-order valence-corrected chi connectivity index (χ4v) is 2.61. The molecule has 1 heterocycles. The van der Waals surface area contributed by atoms with Gasteiger partial charge in [-0.3, -0.25) is 9.69 Å². The van der Waals surface area contributed by atoms with Gasteiger partial charge in [-0.1, -0.05) is 41.9 Å². The molecule has 5 nitrogen and oxygen atoms in total. The first kappa shape index (κ1) is 17.4. The largest absolute Gasteiger partial charge is 0.396 e. The number of aliphatic hydroxyl groups is 1. The van der Waals surface area contributed by atoms with Crippen molar-refractivity contribution in [3.05, 3.63) is 59.4 Å². The molecule has 0 bridgehead atoms. The van der Waals surface area contributed by atoms with Crippen molar-refractivity contribution in [2.45, 2.75) is 12.5 Å². The van der Waals surface area contributed by atoms with Crippen LogP contribution in [-0.2, 0) is 4.79 Å². The highest BCUT2D eigenvalue weighted by molar-refractivity contribution is 6.32. The Kier molecular flexibility index (Phi) is 6.52. The third-order valence-corrected chi connectivity index (χ3v) is 3.85. The number of nitrogens with zero attached hydrogens (tertiary/aromatic N) is 2. The number of aromatic nitrogens is 1. The zero-order valence-corrected chi connectivity index (χ0v) is 13.7. The number of nitrogens with one attached hydrogen (secondary N) is 1. The molecule has 1 aromatic carbocycles. The van der Waals surface area contributed by atoms with E-state index in [1.165, 1.54) is 0 Å². The van der Waals surface area contributed by atoms with Crippen molar-refractivity contribution in [2.24, 2.45) is 0 Å². The van der Waals surface area contributed by atoms with Gasteiger partial charge < -0.3 is 10.4 Å². The van der Waals surface area contributed by atoms with Crippen LogP contribution in [0.4, 0.5) is 5.69 Å². The van der Waals surface area contributed by atoms with E-state index in [0.29, 0.717) is 12.1 Å². The van der Waals surface area contributed by atoms with Crippen LogP contribution in [0, 0.1) is 0 Å². The smallest absolute Gasteiger partial charge is 0.238 e. The first-order chi connectivity index (χ1) is 11.1. The van der Waals surface area contributed by atoms with Gasteiger partial charge >= 0.3 is 0 Å². The topological polar surface area (TPSA) is 65.5 Å². The summed E-state index contributed by atoms with van der Waals surface area (Å²) in [5.41, 5.74) is 1.56. The first-order valence-electron chi connectivity index (χ1n) is 7.38. The van der Waals surface area contributed by atoms with Gasteiger partial charge in [0.05, 0.1) is 12.2 Å². The van der Waals surface area contributed by atoms with Crippen LogP contribution < -0.4 is 5.32 Å². The van der Waals surface area contributed by atoms with Crippen molar-refractivity contribution in [3.63, 3.8) is 0 Å². The molecule has 6 heteroatoms. The maximum atomic E-state index is 12.2. The van der Waals surface area contributed by atoms with Crippen LogP contribution in [0.3, 0.4) is 0 Å². The Bertz CT molecular complexity index is 637. The van der Waals surface area contributed by atoms with E-state index in [1.807, 2.05) is 42.3 Å². The Morgan fingerprint density at radius 1 is 1.30 bits per heavy atom. The SMILES string of the molecule is CN(CC(=O)Nc1cccnc1Cl)C(CCO)c1ccccc1. The molecule has 0 spiro atoms. The predicted octanol–water partition coefficient (Wildman–Crippen LogP) is 2.73. The molecule has 0 aliphatic carbocycles. The molecule has 122 valence electrons. The number of hydrogen-bond donors (Lipinski definition) is 2. The molecule has 0 saturated heterocycles. The minimum atomic E-state index is -0.179. The van der Waals surface area contributed by atoms with Crippen molar-refractivity contribution >= 4 is 23.2 Å². The van der Waals surface area contributed by atoms with Gasteiger partial charge in [-0.2, -0.15) is 0 Å². The van der Waals surface area contributed by atoms with Gasteiger partial charge in [-0.25, -0.2) is 4.98 Å². The molecule has 2 aromatic rings. The van der Waals surface area contributed by atoms with Crippen LogP contribution in [0.15, 0.2) is 48.7 Å². The maximum absolute atomic E-state index is 12.2. The fraction of sp³-hybridized carbons (Fsp3) is 0.294. The molecule has 23 heavy (non-hydrogen) atoms. The first-order valence-corrected chi connectivity index (χ1v) is 7.76. The monoisotopic (exact) mass is 333 g/mol. The second-order valence-corrected chi connectivity index (χ2v) is 5.60. The van der Waals surface area contributed by atoms with E-state index in [-0.39, 0.29) is 30.3 Å². The molecule has 0 radical (unpaired) electrons. The third-order valence-electron chi connectivity index (χ3n) is 3.55. The normalized spacial score (nSPS) is 12.2. The molecule has 0 saturated carbocycles. The second kappa shape index (κ2) is 8.62. The summed E-state index contributed by atoms with van der Waals surface area (Å²) in [4.78, 5) is 18.0. The number of carbonyl (C=O) groups is 1. The molecular weight excluding hydrogens is 314 g/mol. The highest BCUT2D eigenvalue weighted by Crippen LogP contribution is 2.23. The van der Waals surface area contributed by atoms with E-state index in [4.69, 9.17) is 11.6 Å². The van der Waals surface area contributed by atoms with Gasteiger partial charge in [0.25, 0.3) is 0 Å². The highest BCUT2D eigenvalue weighted by Gasteiger charge is 2.19. The average molecular weight is 334 g/mol. The maximum Gasteiger partial charge on any atom is 0.238 e. The molecule has 0 aliphatic heterocycles. The average Bonchev–Trinajstić information content (AvgIpc) is 2.55. The summed E-state index contributed by atoms with van der Waals surface area (Å²) in [5.74, 6) is -0.179. The number of pyridine rings is 1. The van der Waals surface area contributed by atoms with E-state index >= 15 is 0 Å². The summed E-state index contributed by atoms with van der Waals surface area (Å²) in [5, 5.41) is 12.3. The van der Waals surface area contributed by atoms with E-state index in [1.54, 1.807) is 18.3 Å². The summed E-state index contributed by atoms with van der Waals surface area (Å²) in [6.45, 7) is 0.241. The standard InChI is InChI=1S/C17H20ClN3O2/c1-21(15(9-11-22)13-6-3-2-4-7-13)12-16(23)20-14-8-5-10-19-17(14)18/h2-8,10,15,22H,9,11-12H2,1H3,(H,20,23). The Morgan fingerprint density at radius 2 is 2.04 bits per heavy atom. The van der Waals surface area contributed by atoms with Crippen LogP contribution in [0.1, 0.15) is 18.0 Å². The third kappa shape index (κ3) is 5.03. The second-order valence-electron chi connectivity index (χ2n) is 5.24. The molecule has 0 aliphatic rings. The number of benzene rings is 1. The lowest BCUT2D eigenvalue weighted by Crippen LogP contribution is -2.34. The van der Waals surface area contributed by atoms with Crippen LogP contribution in [-0.4, -0.2) is 41.1 Å². The summed E-state index contributed by atoms with van der Waals surface area (Å²) in [6, 6.07) is 13.2. The molecular formula is C17H20ClN3O2. The Hall–Kier alpha value is -1.95. The van der Waals surface area contributed by atoms with Crippen LogP contribution in [0.25, 0.3) is 0 Å². The molecule has 2 N–H and O–H groups in total. The van der Waals surface area contributed by atoms with Gasteiger partial charge in [0, 0.05) is 18.8 Å². The minimum Gasteiger partial charge on any atom is -0.396 e. The van der Waals surface area contributed by atoms with E-state index in [9.17, 15) is 9.90 Å². The number of anilines is 1. The Labute approximate surface area is 140 Å². The summed E-state index contributed by atoms with van der Waals surface area (Å²) in [6.07, 6.45) is 2.12. The van der Waals surface area contributed by atoms with Gasteiger partial charge in [0.15, 0.2) is 5.15 Å². The fourth-order valence-electron chi connectivity index (χ4n) is 2.44. The van der Waals surface area contributed by atoms with Crippen molar-refractivity contribution in [3.8, 4) is 0 Å². The molecule has 1 amide bonds. The number of aliphatic hydroxyl groups excluding tert-OH is 1.